The van der Waals surface area contributed by atoms with Crippen molar-refractivity contribution in [1.29, 1.82) is 0 Å². The first-order chi connectivity index (χ1) is 7.49. The van der Waals surface area contributed by atoms with Gasteiger partial charge in [-0.05, 0) is 33.6 Å². The molecule has 2 fully saturated rings. The van der Waals surface area contributed by atoms with Crippen molar-refractivity contribution in [2.24, 2.45) is 0 Å². The maximum atomic E-state index is 5.67. The van der Waals surface area contributed by atoms with Crippen LogP contribution in [0.5, 0.6) is 0 Å². The largest absolute Gasteiger partial charge is 0.308 e. The van der Waals surface area contributed by atoms with Gasteiger partial charge in [0.2, 0.25) is 0 Å². The lowest BCUT2D eigenvalue weighted by Crippen LogP contribution is -2.66. The fourth-order valence-corrected chi connectivity index (χ4v) is 3.23. The zero-order chi connectivity index (χ0) is 11.8. The molecule has 0 amide bonds. The van der Waals surface area contributed by atoms with Gasteiger partial charge in [0, 0.05) is 24.7 Å². The quantitative estimate of drug-likeness (QED) is 0.680. The smallest absolute Gasteiger partial charge is 0.0769 e. The molecule has 2 aliphatic rings. The molecule has 2 nitrogen and oxygen atoms in total. The van der Waals surface area contributed by atoms with Gasteiger partial charge in [0.15, 0.2) is 0 Å². The predicted molar refractivity (Wildman–Crippen MR) is 68.3 cm³/mol. The molecule has 2 heteroatoms. The summed E-state index contributed by atoms with van der Waals surface area (Å²) in [5.41, 5.74) is 0.248. The van der Waals surface area contributed by atoms with Crippen molar-refractivity contribution in [3.8, 4) is 12.3 Å². The van der Waals surface area contributed by atoms with E-state index in [1.165, 1.54) is 25.7 Å². The lowest BCUT2D eigenvalue weighted by Gasteiger charge is -2.50. The topological polar surface area (TPSA) is 15.3 Å². The van der Waals surface area contributed by atoms with Gasteiger partial charge in [-0.3, -0.25) is 4.90 Å². The van der Waals surface area contributed by atoms with E-state index >= 15 is 0 Å². The van der Waals surface area contributed by atoms with Crippen molar-refractivity contribution in [3.05, 3.63) is 0 Å². The summed E-state index contributed by atoms with van der Waals surface area (Å²) in [4.78, 5) is 2.51. The summed E-state index contributed by atoms with van der Waals surface area (Å²) in [6, 6.07) is 0.539. The highest BCUT2D eigenvalue weighted by Crippen LogP contribution is 2.35. The van der Waals surface area contributed by atoms with Crippen molar-refractivity contribution in [3.63, 3.8) is 0 Å². The molecule has 2 rings (SSSR count). The molecule has 1 aliphatic carbocycles. The second-order valence-electron chi connectivity index (χ2n) is 6.05. The zero-order valence-electron chi connectivity index (χ0n) is 10.8. The SMILES string of the molecule is C#CC(C)(C)N1CC2(CCCC2)NCC1C. The van der Waals surface area contributed by atoms with E-state index in [1.54, 1.807) is 0 Å². The van der Waals surface area contributed by atoms with Gasteiger partial charge in [0.1, 0.15) is 0 Å². The lowest BCUT2D eigenvalue weighted by atomic mass is 9.88. The summed E-state index contributed by atoms with van der Waals surface area (Å²) >= 11 is 0. The van der Waals surface area contributed by atoms with Crippen LogP contribution in [0.2, 0.25) is 0 Å². The number of hydrogen-bond donors (Lipinski definition) is 1. The second kappa shape index (κ2) is 4.05. The first-order valence-electron chi connectivity index (χ1n) is 6.49. The van der Waals surface area contributed by atoms with Crippen LogP contribution < -0.4 is 5.32 Å². The van der Waals surface area contributed by atoms with Crippen LogP contribution in [-0.4, -0.2) is 35.1 Å². The molecule has 1 spiro atoms. The standard InChI is InChI=1S/C14H24N2/c1-5-13(3,4)16-11-14(8-6-7-9-14)15-10-12(16)2/h1,12,15H,6-11H2,2-4H3. The van der Waals surface area contributed by atoms with Crippen molar-refractivity contribution >= 4 is 0 Å². The van der Waals surface area contributed by atoms with E-state index in [4.69, 9.17) is 6.42 Å². The Hall–Kier alpha value is -0.520. The summed E-state index contributed by atoms with van der Waals surface area (Å²) in [6.45, 7) is 8.79. The highest BCUT2D eigenvalue weighted by atomic mass is 15.3. The monoisotopic (exact) mass is 220 g/mol. The van der Waals surface area contributed by atoms with Crippen LogP contribution in [0, 0.1) is 12.3 Å². The van der Waals surface area contributed by atoms with E-state index in [0.29, 0.717) is 11.6 Å². The average Bonchev–Trinajstić information content (AvgIpc) is 2.71. The highest BCUT2D eigenvalue weighted by molar-refractivity contribution is 5.13. The maximum absolute atomic E-state index is 5.67. The molecular formula is C14H24N2. The molecule has 0 aromatic carbocycles. The Kier molecular flexibility index (Phi) is 3.03. The average molecular weight is 220 g/mol. The van der Waals surface area contributed by atoms with Gasteiger partial charge in [0.25, 0.3) is 0 Å². The van der Waals surface area contributed by atoms with Crippen molar-refractivity contribution in [2.45, 2.75) is 63.6 Å². The Morgan fingerprint density at radius 3 is 2.56 bits per heavy atom. The fraction of sp³-hybridized carbons (Fsp3) is 0.857. The molecule has 1 heterocycles. The van der Waals surface area contributed by atoms with Gasteiger partial charge >= 0.3 is 0 Å². The van der Waals surface area contributed by atoms with Crippen LogP contribution >= 0.6 is 0 Å². The molecule has 0 bridgehead atoms. The Morgan fingerprint density at radius 2 is 2.00 bits per heavy atom. The van der Waals surface area contributed by atoms with Crippen LogP contribution in [0.3, 0.4) is 0 Å². The lowest BCUT2D eigenvalue weighted by molar-refractivity contribution is 0.0353. The van der Waals surface area contributed by atoms with E-state index in [-0.39, 0.29) is 5.54 Å². The van der Waals surface area contributed by atoms with E-state index in [2.05, 4.69) is 36.9 Å². The molecule has 1 saturated carbocycles. The van der Waals surface area contributed by atoms with Gasteiger partial charge < -0.3 is 5.32 Å². The first-order valence-corrected chi connectivity index (χ1v) is 6.49. The highest BCUT2D eigenvalue weighted by Gasteiger charge is 2.43. The Bertz CT molecular complexity index is 294. The molecule has 1 atom stereocenters. The number of nitrogens with zero attached hydrogens (tertiary/aromatic N) is 1. The number of terminal acetylenes is 1. The maximum Gasteiger partial charge on any atom is 0.0769 e. The third-order valence-electron chi connectivity index (χ3n) is 4.41. The molecule has 0 aromatic rings. The number of piperazine rings is 1. The third-order valence-corrected chi connectivity index (χ3v) is 4.41. The van der Waals surface area contributed by atoms with Gasteiger partial charge in [-0.15, -0.1) is 6.42 Å². The number of rotatable bonds is 1. The summed E-state index contributed by atoms with van der Waals surface area (Å²) < 4.78 is 0. The van der Waals surface area contributed by atoms with Crippen molar-refractivity contribution in [1.82, 2.24) is 10.2 Å². The summed E-state index contributed by atoms with van der Waals surface area (Å²) in [5.74, 6) is 2.95. The molecule has 1 unspecified atom stereocenters. The molecule has 1 saturated heterocycles. The van der Waals surface area contributed by atoms with E-state index < -0.39 is 0 Å². The van der Waals surface area contributed by atoms with Gasteiger partial charge in [-0.1, -0.05) is 18.8 Å². The molecule has 90 valence electrons. The molecular weight excluding hydrogens is 196 g/mol. The molecule has 0 radical (unpaired) electrons. The summed E-state index contributed by atoms with van der Waals surface area (Å²) in [7, 11) is 0. The van der Waals surface area contributed by atoms with Crippen LogP contribution in [0.1, 0.15) is 46.5 Å². The minimum absolute atomic E-state index is 0.114. The summed E-state index contributed by atoms with van der Waals surface area (Å²) in [6.07, 6.45) is 11.0. The van der Waals surface area contributed by atoms with E-state index in [1.807, 2.05) is 0 Å². The predicted octanol–water partition coefficient (Wildman–Crippen LogP) is 2.00. The van der Waals surface area contributed by atoms with Crippen LogP contribution in [0.4, 0.5) is 0 Å². The van der Waals surface area contributed by atoms with Gasteiger partial charge in [-0.2, -0.15) is 0 Å². The van der Waals surface area contributed by atoms with E-state index in [9.17, 15) is 0 Å². The first kappa shape index (κ1) is 12.0. The Labute approximate surface area is 99.8 Å². The fourth-order valence-electron chi connectivity index (χ4n) is 3.23. The van der Waals surface area contributed by atoms with Crippen LogP contribution in [-0.2, 0) is 0 Å². The Balaban J connectivity index is 2.15. The second-order valence-corrected chi connectivity index (χ2v) is 6.05. The normalized spacial score (nSPS) is 30.5. The third kappa shape index (κ3) is 1.99. The minimum Gasteiger partial charge on any atom is -0.308 e. The molecule has 1 N–H and O–H groups in total. The van der Waals surface area contributed by atoms with Crippen molar-refractivity contribution < 1.29 is 0 Å². The molecule has 1 aliphatic heterocycles. The molecule has 0 aromatic heterocycles. The molecule has 16 heavy (non-hydrogen) atoms. The van der Waals surface area contributed by atoms with Crippen LogP contribution in [0.25, 0.3) is 0 Å². The summed E-state index contributed by atoms with van der Waals surface area (Å²) in [5, 5.41) is 3.76. The number of nitrogens with one attached hydrogen (secondary N) is 1. The van der Waals surface area contributed by atoms with Gasteiger partial charge in [0.05, 0.1) is 5.54 Å². The van der Waals surface area contributed by atoms with E-state index in [0.717, 1.165) is 13.1 Å². The zero-order valence-corrected chi connectivity index (χ0v) is 10.8. The Morgan fingerprint density at radius 1 is 1.38 bits per heavy atom. The van der Waals surface area contributed by atoms with Crippen LogP contribution in [0.15, 0.2) is 0 Å². The minimum atomic E-state index is -0.114. The number of hydrogen-bond acceptors (Lipinski definition) is 2. The van der Waals surface area contributed by atoms with Crippen molar-refractivity contribution in [2.75, 3.05) is 13.1 Å². The van der Waals surface area contributed by atoms with Gasteiger partial charge in [-0.25, -0.2) is 0 Å².